The van der Waals surface area contributed by atoms with Gasteiger partial charge >= 0.3 is 0 Å². The highest BCUT2D eigenvalue weighted by Crippen LogP contribution is 2.21. The molecule has 0 aliphatic rings. The molecule has 0 atom stereocenters. The molecule has 0 fully saturated rings. The predicted molar refractivity (Wildman–Crippen MR) is 83.3 cm³/mol. The number of hydrogen-bond donors (Lipinski definition) is 1. The third-order valence-corrected chi connectivity index (χ3v) is 3.18. The van der Waals surface area contributed by atoms with Gasteiger partial charge in [0.15, 0.2) is 0 Å². The van der Waals surface area contributed by atoms with Crippen LogP contribution in [0.25, 0.3) is 0 Å². The van der Waals surface area contributed by atoms with Gasteiger partial charge in [-0.2, -0.15) is 0 Å². The molecule has 0 amide bonds. The van der Waals surface area contributed by atoms with Crippen LogP contribution in [0.15, 0.2) is 42.6 Å². The molecule has 1 N–H and O–H groups in total. The third-order valence-electron chi connectivity index (χ3n) is 3.18. The van der Waals surface area contributed by atoms with Gasteiger partial charge in [-0.05, 0) is 36.1 Å². The summed E-state index contributed by atoms with van der Waals surface area (Å²) in [4.78, 5) is 4.23. The minimum Gasteiger partial charge on any atom is -0.476 e. The third kappa shape index (κ3) is 3.73. The Morgan fingerprint density at radius 3 is 2.55 bits per heavy atom. The lowest BCUT2D eigenvalue weighted by atomic mass is 10.0. The molecular formula is C17H22N2O. The second-order valence-electron chi connectivity index (χ2n) is 5.04. The summed E-state index contributed by atoms with van der Waals surface area (Å²) in [6.07, 6.45) is 1.74. The Balaban J connectivity index is 2.01. The Morgan fingerprint density at radius 1 is 1.15 bits per heavy atom. The van der Waals surface area contributed by atoms with E-state index in [0.29, 0.717) is 18.4 Å². The van der Waals surface area contributed by atoms with Crippen molar-refractivity contribution in [2.24, 2.45) is 0 Å². The molecule has 0 unspecified atom stereocenters. The van der Waals surface area contributed by atoms with Crippen LogP contribution in [0.1, 0.15) is 37.8 Å². The van der Waals surface area contributed by atoms with Crippen LogP contribution in [0.2, 0.25) is 0 Å². The number of aromatic nitrogens is 1. The lowest BCUT2D eigenvalue weighted by Crippen LogP contribution is -2.04. The largest absolute Gasteiger partial charge is 0.476 e. The van der Waals surface area contributed by atoms with Gasteiger partial charge in [-0.25, -0.2) is 4.98 Å². The number of pyridine rings is 1. The summed E-state index contributed by atoms with van der Waals surface area (Å²) in [7, 11) is 0. The summed E-state index contributed by atoms with van der Waals surface area (Å²) in [5.41, 5.74) is 3.55. The number of ether oxygens (including phenoxy) is 1. The molecule has 1 heterocycles. The molecular weight excluding hydrogens is 248 g/mol. The first-order chi connectivity index (χ1) is 9.70. The molecule has 1 aromatic heterocycles. The van der Waals surface area contributed by atoms with Gasteiger partial charge in [-0.15, -0.1) is 0 Å². The summed E-state index contributed by atoms with van der Waals surface area (Å²) in [6.45, 7) is 7.76. The van der Waals surface area contributed by atoms with Gasteiger partial charge in [0.05, 0.1) is 12.3 Å². The molecule has 3 heteroatoms. The molecule has 0 radical (unpaired) electrons. The molecule has 0 aliphatic heterocycles. The number of nitrogens with one attached hydrogen (secondary N) is 1. The number of benzene rings is 1. The Bertz CT molecular complexity index is 535. The average Bonchev–Trinajstić information content (AvgIpc) is 2.47. The highest BCUT2D eigenvalue weighted by molar-refractivity contribution is 5.52. The first kappa shape index (κ1) is 14.4. The summed E-state index contributed by atoms with van der Waals surface area (Å²) in [6, 6.07) is 12.6. The Morgan fingerprint density at radius 2 is 1.90 bits per heavy atom. The minimum absolute atomic E-state index is 0.569. The fourth-order valence-corrected chi connectivity index (χ4v) is 1.99. The van der Waals surface area contributed by atoms with E-state index in [0.717, 1.165) is 12.2 Å². The molecule has 3 nitrogen and oxygen atoms in total. The lowest BCUT2D eigenvalue weighted by molar-refractivity contribution is 0.328. The van der Waals surface area contributed by atoms with E-state index < -0.39 is 0 Å². The standard InChI is InChI=1S/C17H22N2O/c1-4-20-17-16(6-5-11-18-17)19-12-14-7-9-15(10-8-14)13(2)3/h5-11,13,19H,4,12H2,1-3H3. The highest BCUT2D eigenvalue weighted by atomic mass is 16.5. The van der Waals surface area contributed by atoms with Crippen LogP contribution in [0.5, 0.6) is 5.88 Å². The zero-order chi connectivity index (χ0) is 14.4. The van der Waals surface area contributed by atoms with Crippen molar-refractivity contribution >= 4 is 5.69 Å². The summed E-state index contributed by atoms with van der Waals surface area (Å²) in [5.74, 6) is 1.23. The van der Waals surface area contributed by atoms with Crippen molar-refractivity contribution in [3.8, 4) is 5.88 Å². The molecule has 106 valence electrons. The molecule has 2 aromatic rings. The van der Waals surface area contributed by atoms with E-state index >= 15 is 0 Å². The smallest absolute Gasteiger partial charge is 0.237 e. The molecule has 0 spiro atoms. The SMILES string of the molecule is CCOc1ncccc1NCc1ccc(C(C)C)cc1. The monoisotopic (exact) mass is 270 g/mol. The van der Waals surface area contributed by atoms with Crippen LogP contribution in [0.4, 0.5) is 5.69 Å². The van der Waals surface area contributed by atoms with Crippen LogP contribution in [-0.4, -0.2) is 11.6 Å². The molecule has 20 heavy (non-hydrogen) atoms. The van der Waals surface area contributed by atoms with E-state index in [9.17, 15) is 0 Å². The van der Waals surface area contributed by atoms with Gasteiger partial charge < -0.3 is 10.1 Å². The molecule has 0 saturated heterocycles. The maximum absolute atomic E-state index is 5.50. The van der Waals surface area contributed by atoms with Crippen molar-refractivity contribution in [2.75, 3.05) is 11.9 Å². The fraction of sp³-hybridized carbons (Fsp3) is 0.353. The van der Waals surface area contributed by atoms with Gasteiger partial charge in [-0.3, -0.25) is 0 Å². The van der Waals surface area contributed by atoms with E-state index in [4.69, 9.17) is 4.74 Å². The Kier molecular flexibility index (Phi) is 4.99. The Labute approximate surface area is 121 Å². The number of nitrogens with zero attached hydrogens (tertiary/aromatic N) is 1. The van der Waals surface area contributed by atoms with Crippen molar-refractivity contribution in [3.05, 3.63) is 53.7 Å². The zero-order valence-corrected chi connectivity index (χ0v) is 12.4. The van der Waals surface area contributed by atoms with Crippen LogP contribution < -0.4 is 10.1 Å². The summed E-state index contributed by atoms with van der Waals surface area (Å²) < 4.78 is 5.50. The molecule has 0 bridgehead atoms. The number of hydrogen-bond acceptors (Lipinski definition) is 3. The quantitative estimate of drug-likeness (QED) is 0.853. The van der Waals surface area contributed by atoms with Gasteiger partial charge in [-0.1, -0.05) is 38.1 Å². The normalized spacial score (nSPS) is 10.6. The topological polar surface area (TPSA) is 34.1 Å². The molecule has 0 aliphatic carbocycles. The van der Waals surface area contributed by atoms with Crippen LogP contribution in [0.3, 0.4) is 0 Å². The van der Waals surface area contributed by atoms with Crippen LogP contribution in [-0.2, 0) is 6.54 Å². The van der Waals surface area contributed by atoms with E-state index in [2.05, 4.69) is 48.4 Å². The van der Waals surface area contributed by atoms with Crippen molar-refractivity contribution in [3.63, 3.8) is 0 Å². The number of rotatable bonds is 6. The summed E-state index contributed by atoms with van der Waals surface area (Å²) >= 11 is 0. The van der Waals surface area contributed by atoms with Crippen LogP contribution >= 0.6 is 0 Å². The minimum atomic E-state index is 0.569. The van der Waals surface area contributed by atoms with Crippen LogP contribution in [0, 0.1) is 0 Å². The van der Waals surface area contributed by atoms with Crippen molar-refractivity contribution in [1.82, 2.24) is 4.98 Å². The highest BCUT2D eigenvalue weighted by Gasteiger charge is 2.04. The maximum Gasteiger partial charge on any atom is 0.237 e. The van der Waals surface area contributed by atoms with E-state index in [1.165, 1.54) is 11.1 Å². The van der Waals surface area contributed by atoms with E-state index in [-0.39, 0.29) is 0 Å². The predicted octanol–water partition coefficient (Wildman–Crippen LogP) is 4.22. The molecule has 2 rings (SSSR count). The molecule has 0 saturated carbocycles. The van der Waals surface area contributed by atoms with Gasteiger partial charge in [0, 0.05) is 12.7 Å². The van der Waals surface area contributed by atoms with E-state index in [1.54, 1.807) is 6.20 Å². The first-order valence-corrected chi connectivity index (χ1v) is 7.11. The van der Waals surface area contributed by atoms with Crippen molar-refractivity contribution < 1.29 is 4.74 Å². The van der Waals surface area contributed by atoms with Gasteiger partial charge in [0.2, 0.25) is 5.88 Å². The fourth-order valence-electron chi connectivity index (χ4n) is 1.99. The zero-order valence-electron chi connectivity index (χ0n) is 12.4. The number of anilines is 1. The van der Waals surface area contributed by atoms with E-state index in [1.807, 2.05) is 19.1 Å². The first-order valence-electron chi connectivity index (χ1n) is 7.11. The summed E-state index contributed by atoms with van der Waals surface area (Å²) in [5, 5.41) is 3.38. The van der Waals surface area contributed by atoms with Crippen molar-refractivity contribution in [2.45, 2.75) is 33.2 Å². The van der Waals surface area contributed by atoms with Gasteiger partial charge in [0.25, 0.3) is 0 Å². The lowest BCUT2D eigenvalue weighted by Gasteiger charge is -2.12. The second-order valence-corrected chi connectivity index (χ2v) is 5.04. The molecule has 1 aromatic carbocycles. The van der Waals surface area contributed by atoms with Crippen molar-refractivity contribution in [1.29, 1.82) is 0 Å². The second kappa shape index (κ2) is 6.94. The Hall–Kier alpha value is -2.03. The maximum atomic E-state index is 5.50. The van der Waals surface area contributed by atoms with Gasteiger partial charge in [0.1, 0.15) is 0 Å². The average molecular weight is 270 g/mol.